The lowest BCUT2D eigenvalue weighted by Gasteiger charge is -2.42. The topological polar surface area (TPSA) is 98.2 Å². The van der Waals surface area contributed by atoms with E-state index >= 15 is 0 Å². The Balaban J connectivity index is 2.15. The molecule has 4 unspecified atom stereocenters. The van der Waals surface area contributed by atoms with E-state index in [-0.39, 0.29) is 40.5 Å². The molecule has 3 aliphatic heterocycles. The number of carboxylic acid groups (broad SMARTS) is 1. The summed E-state index contributed by atoms with van der Waals surface area (Å²) in [5.74, 6) is -3.09. The van der Waals surface area contributed by atoms with Crippen LogP contribution < -0.4 is 0 Å². The zero-order valence-corrected chi connectivity index (χ0v) is 22.3. The maximum atomic E-state index is 14.3. The number of nitrogens with zero attached hydrogens (tertiary/aromatic N) is 2. The number of aliphatic carboxylic acids is 1. The van der Waals surface area contributed by atoms with Crippen molar-refractivity contribution in [3.05, 3.63) is 12.7 Å². The van der Waals surface area contributed by atoms with E-state index in [9.17, 15) is 24.6 Å². The van der Waals surface area contributed by atoms with Crippen molar-refractivity contribution in [3.8, 4) is 0 Å². The number of aliphatic hydroxyl groups is 1. The van der Waals surface area contributed by atoms with E-state index in [0.29, 0.717) is 13.0 Å². The summed E-state index contributed by atoms with van der Waals surface area (Å²) in [7, 11) is 0. The number of carbonyl (C=O) groups is 3. The van der Waals surface area contributed by atoms with Crippen LogP contribution in [0.1, 0.15) is 53.4 Å². The van der Waals surface area contributed by atoms with Crippen LogP contribution in [0.5, 0.6) is 0 Å². The Kier molecular flexibility index (Phi) is 8.27. The van der Waals surface area contributed by atoms with Crippen molar-refractivity contribution in [3.63, 3.8) is 0 Å². The third kappa shape index (κ3) is 4.16. The molecule has 0 saturated carbocycles. The molecule has 3 heterocycles. The Bertz CT molecular complexity index is 797. The molecule has 9 atom stereocenters. The van der Waals surface area contributed by atoms with Crippen LogP contribution in [0, 0.1) is 17.8 Å². The third-order valence-electron chi connectivity index (χ3n) is 7.94. The zero-order chi connectivity index (χ0) is 24.7. The van der Waals surface area contributed by atoms with Gasteiger partial charge in [0.25, 0.3) is 0 Å². The van der Waals surface area contributed by atoms with Gasteiger partial charge in [-0.2, -0.15) is 0 Å². The summed E-state index contributed by atoms with van der Waals surface area (Å²) in [6, 6.07) is -1.38. The Hall–Kier alpha value is -1.06. The van der Waals surface area contributed by atoms with Gasteiger partial charge in [0.05, 0.1) is 29.2 Å². The quantitative estimate of drug-likeness (QED) is 0.306. The number of hydrogen-bond donors (Lipinski definition) is 2. The van der Waals surface area contributed by atoms with E-state index in [2.05, 4.69) is 29.4 Å². The summed E-state index contributed by atoms with van der Waals surface area (Å²) in [6.07, 6.45) is 4.72. The van der Waals surface area contributed by atoms with Gasteiger partial charge in [0.2, 0.25) is 11.8 Å². The second kappa shape index (κ2) is 10.3. The SMILES string of the molecule is C=CCN(C(=O)C1N([C@@H](CO)[C@@H](C)CC)C(=O)[C@@H]2[C@@H](C(=O)O)[C@@H]3SC12CC3Br)C(C)CCC. The Morgan fingerprint density at radius 3 is 2.58 bits per heavy atom. The minimum absolute atomic E-state index is 0.0318. The van der Waals surface area contributed by atoms with Gasteiger partial charge in [-0.25, -0.2) is 0 Å². The number of halogens is 1. The van der Waals surface area contributed by atoms with E-state index < -0.39 is 34.6 Å². The van der Waals surface area contributed by atoms with Crippen LogP contribution in [0.25, 0.3) is 0 Å². The molecule has 2 bridgehead atoms. The molecule has 7 nitrogen and oxygen atoms in total. The molecule has 1 spiro atoms. The molecule has 186 valence electrons. The van der Waals surface area contributed by atoms with Gasteiger partial charge in [0.1, 0.15) is 6.04 Å². The van der Waals surface area contributed by atoms with Gasteiger partial charge < -0.3 is 20.0 Å². The van der Waals surface area contributed by atoms with E-state index in [0.717, 1.165) is 19.3 Å². The van der Waals surface area contributed by atoms with Gasteiger partial charge in [0, 0.05) is 22.7 Å². The molecule has 2 amide bonds. The second-order valence-corrected chi connectivity index (χ2v) is 12.5. The van der Waals surface area contributed by atoms with Crippen molar-refractivity contribution in [1.82, 2.24) is 9.80 Å². The van der Waals surface area contributed by atoms with Crippen molar-refractivity contribution in [1.29, 1.82) is 0 Å². The smallest absolute Gasteiger partial charge is 0.308 e. The number of alkyl halides is 1. The first kappa shape index (κ1) is 26.5. The van der Waals surface area contributed by atoms with Crippen LogP contribution in [0.2, 0.25) is 0 Å². The summed E-state index contributed by atoms with van der Waals surface area (Å²) in [5, 5.41) is 20.1. The van der Waals surface area contributed by atoms with Gasteiger partial charge in [0.15, 0.2) is 0 Å². The van der Waals surface area contributed by atoms with E-state index in [1.807, 2.05) is 20.8 Å². The van der Waals surface area contributed by atoms with E-state index in [1.54, 1.807) is 15.9 Å². The summed E-state index contributed by atoms with van der Waals surface area (Å²) in [5.41, 5.74) is 0. The lowest BCUT2D eigenvalue weighted by atomic mass is 9.71. The summed E-state index contributed by atoms with van der Waals surface area (Å²) >= 11 is 5.17. The fourth-order valence-electron chi connectivity index (χ4n) is 6.16. The molecule has 9 heteroatoms. The number of aliphatic hydroxyl groups excluding tert-OH is 1. The van der Waals surface area contributed by atoms with Crippen molar-refractivity contribution in [2.75, 3.05) is 13.2 Å². The Morgan fingerprint density at radius 2 is 2.06 bits per heavy atom. The molecule has 0 aromatic rings. The normalized spacial score (nSPS) is 35.3. The zero-order valence-electron chi connectivity index (χ0n) is 19.9. The predicted octanol–water partition coefficient (Wildman–Crippen LogP) is 3.15. The lowest BCUT2D eigenvalue weighted by molar-refractivity contribution is -0.150. The third-order valence-corrected chi connectivity index (χ3v) is 11.2. The second-order valence-electron chi connectivity index (χ2n) is 9.80. The molecule has 3 rings (SSSR count). The molecule has 3 saturated heterocycles. The van der Waals surface area contributed by atoms with Crippen molar-refractivity contribution in [2.24, 2.45) is 17.8 Å². The van der Waals surface area contributed by atoms with Gasteiger partial charge in [-0.15, -0.1) is 18.3 Å². The Morgan fingerprint density at radius 1 is 1.39 bits per heavy atom. The number of carbonyl (C=O) groups excluding carboxylic acids is 2. The van der Waals surface area contributed by atoms with Crippen LogP contribution in [-0.2, 0) is 14.4 Å². The summed E-state index contributed by atoms with van der Waals surface area (Å²) in [6.45, 7) is 12.0. The first-order valence-corrected chi connectivity index (χ1v) is 13.8. The molecule has 0 aliphatic carbocycles. The molecular weight excluding hydrogens is 508 g/mol. The maximum Gasteiger partial charge on any atom is 0.308 e. The van der Waals surface area contributed by atoms with Gasteiger partial charge >= 0.3 is 5.97 Å². The average Bonchev–Trinajstić information content (AvgIpc) is 3.36. The molecule has 2 N–H and O–H groups in total. The van der Waals surface area contributed by atoms with Crippen LogP contribution in [0.15, 0.2) is 12.7 Å². The number of rotatable bonds is 11. The van der Waals surface area contributed by atoms with Crippen LogP contribution in [0.4, 0.5) is 0 Å². The molecule has 3 fully saturated rings. The van der Waals surface area contributed by atoms with Crippen molar-refractivity contribution < 1.29 is 24.6 Å². The molecule has 3 aliphatic rings. The largest absolute Gasteiger partial charge is 0.481 e. The predicted molar refractivity (Wildman–Crippen MR) is 133 cm³/mol. The number of likely N-dealkylation sites (tertiary alicyclic amines) is 1. The number of thioether (sulfide) groups is 1. The highest BCUT2D eigenvalue weighted by Crippen LogP contribution is 2.68. The number of carboxylic acids is 1. The summed E-state index contributed by atoms with van der Waals surface area (Å²) in [4.78, 5) is 43.8. The van der Waals surface area contributed by atoms with Crippen LogP contribution in [-0.4, -0.2) is 83.9 Å². The van der Waals surface area contributed by atoms with Gasteiger partial charge in [-0.05, 0) is 25.7 Å². The molecule has 0 radical (unpaired) electrons. The first-order chi connectivity index (χ1) is 15.6. The van der Waals surface area contributed by atoms with Crippen LogP contribution >= 0.6 is 27.7 Å². The highest BCUT2D eigenvalue weighted by molar-refractivity contribution is 9.09. The average molecular weight is 546 g/mol. The first-order valence-electron chi connectivity index (χ1n) is 12.0. The lowest BCUT2D eigenvalue weighted by Crippen LogP contribution is -2.60. The molecule has 0 aromatic carbocycles. The number of amides is 2. The molecular formula is C24H37BrN2O5S. The minimum atomic E-state index is -0.990. The van der Waals surface area contributed by atoms with Gasteiger partial charge in [-0.3, -0.25) is 14.4 Å². The van der Waals surface area contributed by atoms with Crippen LogP contribution in [0.3, 0.4) is 0 Å². The molecule has 0 aromatic heterocycles. The number of hydrogen-bond acceptors (Lipinski definition) is 5. The van der Waals surface area contributed by atoms with Crippen molar-refractivity contribution >= 4 is 45.5 Å². The van der Waals surface area contributed by atoms with Gasteiger partial charge in [-0.1, -0.05) is 55.6 Å². The molecule has 33 heavy (non-hydrogen) atoms. The Labute approximate surface area is 209 Å². The highest BCUT2D eigenvalue weighted by atomic mass is 79.9. The minimum Gasteiger partial charge on any atom is -0.481 e. The van der Waals surface area contributed by atoms with E-state index in [1.165, 1.54) is 11.8 Å². The summed E-state index contributed by atoms with van der Waals surface area (Å²) < 4.78 is -0.817. The van der Waals surface area contributed by atoms with E-state index in [4.69, 9.17) is 0 Å². The standard InChI is InChI=1S/C24H37BrN2O5S/c1-6-9-14(5)26(10-7-2)22(30)20-24-11-15(25)19(33-24)17(23(31)32)18(24)21(29)27(20)16(12-28)13(4)8-3/h7,13-20,28H,2,6,8-12H2,1,3-5H3,(H,31,32)/t13-,14?,15?,16-,17+,18-,19+,20?,24?/m0/s1. The fraction of sp³-hybridized carbons (Fsp3) is 0.792. The highest BCUT2D eigenvalue weighted by Gasteiger charge is 2.76. The maximum absolute atomic E-state index is 14.3. The fourth-order valence-corrected chi connectivity index (χ4v) is 9.74. The number of fused-ring (bicyclic) bond motifs is 1. The van der Waals surface area contributed by atoms with Crippen molar-refractivity contribution in [2.45, 2.75) is 86.3 Å². The monoisotopic (exact) mass is 544 g/mol.